The number of hydrogen-bond acceptors (Lipinski definition) is 4. The summed E-state index contributed by atoms with van der Waals surface area (Å²) in [5.74, 6) is 3.59. The van der Waals surface area contributed by atoms with E-state index in [-0.39, 0.29) is 29.4 Å². The van der Waals surface area contributed by atoms with Crippen LogP contribution in [0.1, 0.15) is 38.3 Å². The minimum atomic E-state index is 0. The molecule has 1 fully saturated rings. The zero-order valence-corrected chi connectivity index (χ0v) is 18.2. The summed E-state index contributed by atoms with van der Waals surface area (Å²) >= 11 is 0. The summed E-state index contributed by atoms with van der Waals surface area (Å²) in [6.45, 7) is 8.41. The highest BCUT2D eigenvalue weighted by atomic mass is 127. The predicted molar refractivity (Wildman–Crippen MR) is 109 cm³/mol. The number of rotatable bonds is 4. The molecule has 1 aromatic heterocycles. The van der Waals surface area contributed by atoms with Crippen molar-refractivity contribution in [3.05, 3.63) is 11.6 Å². The van der Waals surface area contributed by atoms with Crippen LogP contribution >= 0.6 is 24.0 Å². The second-order valence-electron chi connectivity index (χ2n) is 7.61. The highest BCUT2D eigenvalue weighted by molar-refractivity contribution is 14.0. The van der Waals surface area contributed by atoms with Crippen molar-refractivity contribution in [1.82, 2.24) is 25.4 Å². The molecule has 3 unspecified atom stereocenters. The number of aromatic nitrogens is 3. The van der Waals surface area contributed by atoms with Crippen LogP contribution < -0.4 is 10.6 Å². The lowest BCUT2D eigenvalue weighted by molar-refractivity contribution is -0.0922. The normalized spacial score (nSPS) is 27.7. The monoisotopic (exact) mass is 462 g/mol. The fourth-order valence-corrected chi connectivity index (χ4v) is 3.83. The van der Waals surface area contributed by atoms with Gasteiger partial charge >= 0.3 is 0 Å². The Hall–Kier alpha value is -0.900. The van der Waals surface area contributed by atoms with Gasteiger partial charge in [-0.2, -0.15) is 0 Å². The first-order valence-electron chi connectivity index (χ1n) is 8.84. The fourth-order valence-electron chi connectivity index (χ4n) is 3.83. The van der Waals surface area contributed by atoms with Crippen LogP contribution in [0.4, 0.5) is 0 Å². The molecule has 2 heterocycles. The fraction of sp³-hybridized carbons (Fsp3) is 0.824. The summed E-state index contributed by atoms with van der Waals surface area (Å²) in [5.41, 5.74) is 0.131. The Morgan fingerprint density at radius 1 is 1.40 bits per heavy atom. The van der Waals surface area contributed by atoms with Crippen LogP contribution in [0.3, 0.4) is 0 Å². The first kappa shape index (κ1) is 20.4. The van der Waals surface area contributed by atoms with Crippen molar-refractivity contribution in [3.8, 4) is 0 Å². The standard InChI is InChI=1S/C17H30N6O.HI/c1-11-21-22-15-7-6-12(10-23(11)15)9-19-16(18-4)20-13-8-14(24-5)17(13,2)3;/h12-14H,6-10H2,1-5H3,(H2,18,19,20);1H. The number of hydrogen-bond donors (Lipinski definition) is 2. The molecule has 3 atom stereocenters. The predicted octanol–water partition coefficient (Wildman–Crippen LogP) is 1.75. The lowest BCUT2D eigenvalue weighted by atomic mass is 9.64. The lowest BCUT2D eigenvalue weighted by Gasteiger charge is -2.51. The zero-order valence-electron chi connectivity index (χ0n) is 15.9. The number of aryl methyl sites for hydroxylation is 2. The van der Waals surface area contributed by atoms with Crippen molar-refractivity contribution in [2.24, 2.45) is 16.3 Å². The van der Waals surface area contributed by atoms with E-state index in [1.165, 1.54) is 0 Å². The first-order valence-corrected chi connectivity index (χ1v) is 8.84. The molecule has 1 saturated carbocycles. The third-order valence-electron chi connectivity index (χ3n) is 5.78. The molecule has 142 valence electrons. The molecular formula is C17H31IN6O. The van der Waals surface area contributed by atoms with E-state index in [4.69, 9.17) is 4.74 Å². The average molecular weight is 462 g/mol. The molecule has 3 rings (SSSR count). The molecule has 0 spiro atoms. The maximum Gasteiger partial charge on any atom is 0.191 e. The van der Waals surface area contributed by atoms with Gasteiger partial charge in [-0.05, 0) is 25.7 Å². The molecule has 2 N–H and O–H groups in total. The van der Waals surface area contributed by atoms with Gasteiger partial charge in [-0.3, -0.25) is 4.99 Å². The zero-order chi connectivity index (χ0) is 17.3. The maximum atomic E-state index is 5.52. The van der Waals surface area contributed by atoms with E-state index >= 15 is 0 Å². The molecule has 1 aliphatic carbocycles. The Morgan fingerprint density at radius 2 is 2.16 bits per heavy atom. The van der Waals surface area contributed by atoms with Crippen LogP contribution in [0.2, 0.25) is 0 Å². The number of nitrogens with one attached hydrogen (secondary N) is 2. The van der Waals surface area contributed by atoms with Gasteiger partial charge in [0.15, 0.2) is 5.96 Å². The van der Waals surface area contributed by atoms with Crippen LogP contribution in [-0.2, 0) is 17.7 Å². The number of methoxy groups -OCH3 is 1. The number of ether oxygens (including phenoxy) is 1. The number of halogens is 1. The van der Waals surface area contributed by atoms with Crippen LogP contribution in [0, 0.1) is 18.3 Å². The average Bonchev–Trinajstić information content (AvgIpc) is 2.94. The molecule has 0 aromatic carbocycles. The van der Waals surface area contributed by atoms with Gasteiger partial charge in [0.25, 0.3) is 0 Å². The molecule has 0 saturated heterocycles. The van der Waals surface area contributed by atoms with Gasteiger partial charge in [0.05, 0.1) is 6.10 Å². The Morgan fingerprint density at radius 3 is 2.80 bits per heavy atom. The quantitative estimate of drug-likeness (QED) is 0.405. The van der Waals surface area contributed by atoms with E-state index in [1.54, 1.807) is 7.11 Å². The largest absolute Gasteiger partial charge is 0.381 e. The van der Waals surface area contributed by atoms with E-state index in [0.717, 1.165) is 50.0 Å². The van der Waals surface area contributed by atoms with Crippen molar-refractivity contribution in [2.45, 2.75) is 58.7 Å². The summed E-state index contributed by atoms with van der Waals surface area (Å²) in [6.07, 6.45) is 3.49. The van der Waals surface area contributed by atoms with Crippen molar-refractivity contribution in [1.29, 1.82) is 0 Å². The van der Waals surface area contributed by atoms with E-state index in [2.05, 4.69) is 44.2 Å². The second kappa shape index (κ2) is 8.20. The lowest BCUT2D eigenvalue weighted by Crippen LogP contribution is -2.63. The number of nitrogens with zero attached hydrogens (tertiary/aromatic N) is 4. The first-order chi connectivity index (χ1) is 11.5. The Balaban J connectivity index is 0.00000225. The van der Waals surface area contributed by atoms with Gasteiger partial charge in [0, 0.05) is 45.1 Å². The van der Waals surface area contributed by atoms with Gasteiger partial charge in [-0.1, -0.05) is 13.8 Å². The maximum absolute atomic E-state index is 5.52. The van der Waals surface area contributed by atoms with Crippen molar-refractivity contribution in [3.63, 3.8) is 0 Å². The SMILES string of the molecule is CN=C(NCC1CCc2nnc(C)n2C1)NC1CC(OC)C1(C)C.I. The van der Waals surface area contributed by atoms with E-state index in [1.807, 2.05) is 14.0 Å². The molecule has 2 aliphatic rings. The minimum absolute atomic E-state index is 0. The number of aliphatic imine (C=N–C) groups is 1. The molecule has 1 aromatic rings. The smallest absolute Gasteiger partial charge is 0.191 e. The summed E-state index contributed by atoms with van der Waals surface area (Å²) in [5, 5.41) is 15.5. The van der Waals surface area contributed by atoms with Crippen molar-refractivity contribution < 1.29 is 4.74 Å². The van der Waals surface area contributed by atoms with E-state index in [0.29, 0.717) is 18.1 Å². The van der Waals surface area contributed by atoms with Gasteiger partial charge < -0.3 is 19.9 Å². The summed E-state index contributed by atoms with van der Waals surface area (Å²) in [7, 11) is 3.62. The molecule has 0 amide bonds. The van der Waals surface area contributed by atoms with Gasteiger partial charge in [0.2, 0.25) is 0 Å². The van der Waals surface area contributed by atoms with Crippen molar-refractivity contribution >= 4 is 29.9 Å². The molecule has 7 nitrogen and oxygen atoms in total. The van der Waals surface area contributed by atoms with Crippen molar-refractivity contribution in [2.75, 3.05) is 20.7 Å². The van der Waals surface area contributed by atoms with Crippen LogP contribution in [0.25, 0.3) is 0 Å². The highest BCUT2D eigenvalue weighted by Crippen LogP contribution is 2.42. The third-order valence-corrected chi connectivity index (χ3v) is 5.78. The third kappa shape index (κ3) is 4.10. The second-order valence-corrected chi connectivity index (χ2v) is 7.61. The summed E-state index contributed by atoms with van der Waals surface area (Å²) in [6, 6.07) is 0.395. The molecule has 8 heteroatoms. The highest BCUT2D eigenvalue weighted by Gasteiger charge is 2.48. The molecule has 25 heavy (non-hydrogen) atoms. The number of guanidine groups is 1. The Kier molecular flexibility index (Phi) is 6.69. The minimum Gasteiger partial charge on any atom is -0.381 e. The molecule has 1 aliphatic heterocycles. The summed E-state index contributed by atoms with van der Waals surface area (Å²) in [4.78, 5) is 4.38. The topological polar surface area (TPSA) is 76.4 Å². The van der Waals surface area contributed by atoms with Crippen LogP contribution in [0.5, 0.6) is 0 Å². The molecule has 0 radical (unpaired) electrons. The van der Waals surface area contributed by atoms with E-state index < -0.39 is 0 Å². The Bertz CT molecular complexity index is 614. The van der Waals surface area contributed by atoms with Crippen LogP contribution in [-0.4, -0.2) is 53.6 Å². The Labute approximate surface area is 167 Å². The van der Waals surface area contributed by atoms with Gasteiger partial charge in [-0.15, -0.1) is 34.2 Å². The van der Waals surface area contributed by atoms with Gasteiger partial charge in [-0.25, -0.2) is 0 Å². The number of fused-ring (bicyclic) bond motifs is 1. The van der Waals surface area contributed by atoms with E-state index in [9.17, 15) is 0 Å². The van der Waals surface area contributed by atoms with Gasteiger partial charge in [0.1, 0.15) is 11.6 Å². The molecule has 0 bridgehead atoms. The summed E-state index contributed by atoms with van der Waals surface area (Å²) < 4.78 is 7.76. The van der Waals surface area contributed by atoms with Crippen LogP contribution in [0.15, 0.2) is 4.99 Å². The molecular weight excluding hydrogens is 431 g/mol.